The summed E-state index contributed by atoms with van der Waals surface area (Å²) in [6.07, 6.45) is -2.80. The van der Waals surface area contributed by atoms with Gasteiger partial charge in [-0.1, -0.05) is 13.0 Å². The number of nitrogens with one attached hydrogen (secondary N) is 2. The zero-order valence-corrected chi connectivity index (χ0v) is 16.9. The average Bonchev–Trinajstić information content (AvgIpc) is 2.73. The number of alkyl halides is 3. The molecular weight excluding hydrogens is 414 g/mol. The second kappa shape index (κ2) is 9.36. The average molecular weight is 437 g/mol. The van der Waals surface area contributed by atoms with Crippen LogP contribution in [-0.2, 0) is 12.7 Å². The van der Waals surface area contributed by atoms with Crippen molar-refractivity contribution in [3.05, 3.63) is 65.0 Å². The number of nitrogens with zero attached hydrogens (tertiary/aromatic N) is 1. The van der Waals surface area contributed by atoms with Gasteiger partial charge in [-0.05, 0) is 60.7 Å². The van der Waals surface area contributed by atoms with Crippen molar-refractivity contribution in [2.75, 3.05) is 18.4 Å². The number of urea groups is 1. The maximum absolute atomic E-state index is 13.2. The van der Waals surface area contributed by atoms with Crippen LogP contribution < -0.4 is 10.6 Å². The van der Waals surface area contributed by atoms with Crippen molar-refractivity contribution < 1.29 is 27.2 Å². The van der Waals surface area contributed by atoms with Crippen molar-refractivity contribution in [3.8, 4) is 0 Å². The number of anilines is 1. The molecule has 2 aromatic rings. The lowest BCUT2D eigenvalue weighted by molar-refractivity contribution is -0.138. The van der Waals surface area contributed by atoms with Crippen molar-refractivity contribution in [1.29, 1.82) is 0 Å². The van der Waals surface area contributed by atoms with Crippen molar-refractivity contribution >= 4 is 17.6 Å². The topological polar surface area (TPSA) is 61.4 Å². The van der Waals surface area contributed by atoms with E-state index in [9.17, 15) is 27.2 Å². The molecule has 1 saturated heterocycles. The van der Waals surface area contributed by atoms with Crippen LogP contribution in [0.4, 0.5) is 28.0 Å². The summed E-state index contributed by atoms with van der Waals surface area (Å²) in [4.78, 5) is 26.4. The van der Waals surface area contributed by atoms with E-state index in [1.807, 2.05) is 0 Å². The first-order chi connectivity index (χ1) is 14.6. The standard InChI is InChI=1S/C22H23F4N3O2/c1-14-8-10-29(11-9-14)20(30)15-3-6-18(7-4-15)28-21(31)27-13-16-2-5-17(23)12-19(16)22(24,25)26/h2-7,12,14H,8-11,13H2,1H3,(H2,27,28,31). The lowest BCUT2D eigenvalue weighted by Gasteiger charge is -2.30. The number of hydrogen-bond donors (Lipinski definition) is 2. The molecule has 1 aliphatic rings. The molecule has 9 heteroatoms. The Morgan fingerprint density at radius 1 is 1.06 bits per heavy atom. The molecular formula is C22H23F4N3O2. The van der Waals surface area contributed by atoms with E-state index in [2.05, 4.69) is 17.6 Å². The van der Waals surface area contributed by atoms with Crippen molar-refractivity contribution in [3.63, 3.8) is 0 Å². The van der Waals surface area contributed by atoms with Crippen LogP contribution in [0.5, 0.6) is 0 Å². The maximum Gasteiger partial charge on any atom is 0.416 e. The summed E-state index contributed by atoms with van der Waals surface area (Å²) in [6.45, 7) is 3.16. The normalized spacial score (nSPS) is 14.9. The van der Waals surface area contributed by atoms with Gasteiger partial charge in [0, 0.05) is 30.9 Å². The van der Waals surface area contributed by atoms with Gasteiger partial charge >= 0.3 is 12.2 Å². The summed E-state index contributed by atoms with van der Waals surface area (Å²) in [7, 11) is 0. The fourth-order valence-corrected chi connectivity index (χ4v) is 3.41. The Hall–Kier alpha value is -3.10. The van der Waals surface area contributed by atoms with Crippen molar-refractivity contribution in [2.24, 2.45) is 5.92 Å². The van der Waals surface area contributed by atoms with E-state index in [-0.39, 0.29) is 11.5 Å². The minimum absolute atomic E-state index is 0.0705. The summed E-state index contributed by atoms with van der Waals surface area (Å²) in [5.74, 6) is -0.468. The third-order valence-corrected chi connectivity index (χ3v) is 5.28. The predicted octanol–water partition coefficient (Wildman–Crippen LogP) is 5.04. The molecule has 1 aliphatic heterocycles. The van der Waals surface area contributed by atoms with Gasteiger partial charge in [0.1, 0.15) is 5.82 Å². The number of carbonyl (C=O) groups is 2. The van der Waals surface area contributed by atoms with Crippen LogP contribution in [0, 0.1) is 11.7 Å². The first kappa shape index (κ1) is 22.6. The number of carbonyl (C=O) groups excluding carboxylic acids is 2. The molecule has 1 heterocycles. The lowest BCUT2D eigenvalue weighted by atomic mass is 9.98. The highest BCUT2D eigenvalue weighted by molar-refractivity contribution is 5.95. The van der Waals surface area contributed by atoms with Gasteiger partial charge < -0.3 is 15.5 Å². The lowest BCUT2D eigenvalue weighted by Crippen LogP contribution is -2.37. The fraction of sp³-hybridized carbons (Fsp3) is 0.364. The van der Waals surface area contributed by atoms with Crippen molar-refractivity contribution in [2.45, 2.75) is 32.5 Å². The molecule has 0 bridgehead atoms. The zero-order valence-electron chi connectivity index (χ0n) is 16.9. The number of rotatable bonds is 4. The number of likely N-dealkylation sites (tertiary alicyclic amines) is 1. The summed E-state index contributed by atoms with van der Waals surface area (Å²) >= 11 is 0. The Bertz CT molecular complexity index is 937. The molecule has 3 amide bonds. The monoisotopic (exact) mass is 437 g/mol. The largest absolute Gasteiger partial charge is 0.416 e. The molecule has 3 rings (SSSR count). The summed E-state index contributed by atoms with van der Waals surface area (Å²) in [5, 5.41) is 4.83. The molecule has 0 atom stereocenters. The molecule has 0 radical (unpaired) electrons. The molecule has 0 aliphatic carbocycles. The molecule has 2 N–H and O–H groups in total. The van der Waals surface area contributed by atoms with E-state index in [1.54, 1.807) is 29.2 Å². The molecule has 0 spiro atoms. The van der Waals surface area contributed by atoms with E-state index >= 15 is 0 Å². The third kappa shape index (κ3) is 5.96. The summed E-state index contributed by atoms with van der Waals surface area (Å²) in [6, 6.07) is 7.87. The Morgan fingerprint density at radius 2 is 1.71 bits per heavy atom. The highest BCUT2D eigenvalue weighted by Crippen LogP contribution is 2.32. The Balaban J connectivity index is 1.56. The number of benzene rings is 2. The van der Waals surface area contributed by atoms with Crippen LogP contribution in [0.3, 0.4) is 0 Å². The van der Waals surface area contributed by atoms with E-state index in [4.69, 9.17) is 0 Å². The second-order valence-electron chi connectivity index (χ2n) is 7.66. The SMILES string of the molecule is CC1CCN(C(=O)c2ccc(NC(=O)NCc3ccc(F)cc3C(F)(F)F)cc2)CC1. The number of amides is 3. The predicted molar refractivity (Wildman–Crippen MR) is 108 cm³/mol. The second-order valence-corrected chi connectivity index (χ2v) is 7.66. The van der Waals surface area contributed by atoms with Gasteiger partial charge in [-0.2, -0.15) is 13.2 Å². The van der Waals surface area contributed by atoms with Gasteiger partial charge in [-0.15, -0.1) is 0 Å². The van der Waals surface area contributed by atoms with Gasteiger partial charge in [-0.25, -0.2) is 9.18 Å². The van der Waals surface area contributed by atoms with Crippen LogP contribution >= 0.6 is 0 Å². The molecule has 0 saturated carbocycles. The van der Waals surface area contributed by atoms with Gasteiger partial charge in [-0.3, -0.25) is 4.79 Å². The van der Waals surface area contributed by atoms with E-state index in [0.29, 0.717) is 36.3 Å². The molecule has 166 valence electrons. The number of piperidine rings is 1. The van der Waals surface area contributed by atoms with Gasteiger partial charge in [0.2, 0.25) is 0 Å². The van der Waals surface area contributed by atoms with Crippen LogP contribution in [0.2, 0.25) is 0 Å². The highest BCUT2D eigenvalue weighted by atomic mass is 19.4. The van der Waals surface area contributed by atoms with E-state index in [0.717, 1.165) is 25.0 Å². The summed E-state index contributed by atoms with van der Waals surface area (Å²) in [5.41, 5.74) is -0.498. The smallest absolute Gasteiger partial charge is 0.339 e. The molecule has 31 heavy (non-hydrogen) atoms. The van der Waals surface area contributed by atoms with Gasteiger partial charge in [0.25, 0.3) is 5.91 Å². The van der Waals surface area contributed by atoms with Crippen LogP contribution in [0.1, 0.15) is 41.3 Å². The van der Waals surface area contributed by atoms with Crippen LogP contribution in [0.15, 0.2) is 42.5 Å². The van der Waals surface area contributed by atoms with Crippen LogP contribution in [-0.4, -0.2) is 29.9 Å². The zero-order chi connectivity index (χ0) is 22.6. The first-order valence-electron chi connectivity index (χ1n) is 9.93. The quantitative estimate of drug-likeness (QED) is 0.659. The Kier molecular flexibility index (Phi) is 6.82. The molecule has 5 nitrogen and oxygen atoms in total. The summed E-state index contributed by atoms with van der Waals surface area (Å²) < 4.78 is 52.3. The van der Waals surface area contributed by atoms with Gasteiger partial charge in [0.05, 0.1) is 5.56 Å². The molecule has 1 fully saturated rings. The molecule has 0 aromatic heterocycles. The third-order valence-electron chi connectivity index (χ3n) is 5.28. The maximum atomic E-state index is 13.2. The van der Waals surface area contributed by atoms with E-state index < -0.39 is 30.1 Å². The molecule has 2 aromatic carbocycles. The number of halogens is 4. The van der Waals surface area contributed by atoms with Gasteiger partial charge in [0.15, 0.2) is 0 Å². The fourth-order valence-electron chi connectivity index (χ4n) is 3.41. The Labute approximate surface area is 177 Å². The molecule has 0 unspecified atom stereocenters. The minimum atomic E-state index is -4.73. The van der Waals surface area contributed by atoms with E-state index in [1.165, 1.54) is 0 Å². The minimum Gasteiger partial charge on any atom is -0.339 e. The first-order valence-corrected chi connectivity index (χ1v) is 9.93. The highest BCUT2D eigenvalue weighted by Gasteiger charge is 2.33. The van der Waals surface area contributed by atoms with Crippen LogP contribution in [0.25, 0.3) is 0 Å². The number of hydrogen-bond acceptors (Lipinski definition) is 2. The Morgan fingerprint density at radius 3 is 2.32 bits per heavy atom. The van der Waals surface area contributed by atoms with Crippen molar-refractivity contribution in [1.82, 2.24) is 10.2 Å².